The minimum absolute atomic E-state index is 0.0950. The molecule has 3 aromatic carbocycles. The molecule has 0 bridgehead atoms. The molecule has 1 N–H and O–H groups in total. The van der Waals surface area contributed by atoms with Gasteiger partial charge in [-0.1, -0.05) is 24.3 Å². The van der Waals surface area contributed by atoms with Crippen LogP contribution >= 0.6 is 0 Å². The van der Waals surface area contributed by atoms with Crippen molar-refractivity contribution in [2.24, 2.45) is 0 Å². The summed E-state index contributed by atoms with van der Waals surface area (Å²) in [5.74, 6) is -0.136. The molecule has 0 spiro atoms. The molecule has 0 aliphatic heterocycles. The van der Waals surface area contributed by atoms with E-state index in [0.717, 1.165) is 16.4 Å². The van der Waals surface area contributed by atoms with Gasteiger partial charge < -0.3 is 19.2 Å². The molecule has 4 aromatic rings. The maximum Gasteiger partial charge on any atom is 0.387 e. The number of rotatable bonds is 5. The molecule has 142 valence electrons. The zero-order valence-corrected chi connectivity index (χ0v) is 14.7. The Bertz CT molecular complexity index is 1170. The molecule has 0 aliphatic rings. The van der Waals surface area contributed by atoms with Crippen LogP contribution in [0.4, 0.5) is 14.5 Å². The highest BCUT2D eigenvalue weighted by atomic mass is 19.3. The highest BCUT2D eigenvalue weighted by molar-refractivity contribution is 6.10. The van der Waals surface area contributed by atoms with Crippen molar-refractivity contribution in [2.45, 2.75) is 6.61 Å². The normalized spacial score (nSPS) is 11.1. The van der Waals surface area contributed by atoms with Crippen LogP contribution in [0, 0.1) is 0 Å². The second-order valence-corrected chi connectivity index (χ2v) is 6.01. The summed E-state index contributed by atoms with van der Waals surface area (Å²) < 4.78 is 40.3. The molecular formula is C21H15F2NO4. The van der Waals surface area contributed by atoms with Crippen LogP contribution in [-0.4, -0.2) is 19.6 Å². The van der Waals surface area contributed by atoms with Gasteiger partial charge in [0.2, 0.25) is 0 Å². The number of para-hydroxylation sites is 1. The van der Waals surface area contributed by atoms with Gasteiger partial charge in [-0.25, -0.2) is 0 Å². The van der Waals surface area contributed by atoms with Crippen molar-refractivity contribution in [3.05, 3.63) is 66.2 Å². The molecule has 1 heterocycles. The van der Waals surface area contributed by atoms with E-state index in [1.807, 2.05) is 24.3 Å². The van der Waals surface area contributed by atoms with Gasteiger partial charge in [0.25, 0.3) is 5.91 Å². The molecule has 7 heteroatoms. The van der Waals surface area contributed by atoms with Crippen LogP contribution in [-0.2, 0) is 0 Å². The summed E-state index contributed by atoms with van der Waals surface area (Å²) in [4.78, 5) is 12.6. The zero-order chi connectivity index (χ0) is 19.7. The molecule has 4 rings (SSSR count). The minimum atomic E-state index is -2.96. The summed E-state index contributed by atoms with van der Waals surface area (Å²) in [5, 5.41) is 4.52. The van der Waals surface area contributed by atoms with Gasteiger partial charge in [-0.15, -0.1) is 0 Å². The van der Waals surface area contributed by atoms with Gasteiger partial charge >= 0.3 is 6.61 Å². The van der Waals surface area contributed by atoms with Crippen molar-refractivity contribution in [1.82, 2.24) is 0 Å². The Morgan fingerprint density at radius 1 is 1.00 bits per heavy atom. The summed E-state index contributed by atoms with van der Waals surface area (Å²) in [7, 11) is 1.50. The molecule has 0 radical (unpaired) electrons. The number of amides is 1. The SMILES string of the molecule is COc1cc2c(cc1NC(=O)c1cccc(OC(F)F)c1)oc1ccccc12. The summed E-state index contributed by atoms with van der Waals surface area (Å²) in [6.07, 6.45) is 0. The third-order valence-corrected chi connectivity index (χ3v) is 4.27. The Morgan fingerprint density at radius 2 is 1.82 bits per heavy atom. The number of alkyl halides is 2. The fourth-order valence-corrected chi connectivity index (χ4v) is 3.03. The van der Waals surface area contributed by atoms with E-state index in [4.69, 9.17) is 9.15 Å². The molecule has 28 heavy (non-hydrogen) atoms. The standard InChI is InChI=1S/C21H15F2NO4/c1-26-19-10-15-14-7-2-3-8-17(14)28-18(15)11-16(19)24-20(25)12-5-4-6-13(9-12)27-21(22)23/h2-11,21H,1H3,(H,24,25). The van der Waals surface area contributed by atoms with E-state index in [9.17, 15) is 13.6 Å². The van der Waals surface area contributed by atoms with E-state index >= 15 is 0 Å². The van der Waals surface area contributed by atoms with Gasteiger partial charge in [0.1, 0.15) is 22.7 Å². The van der Waals surface area contributed by atoms with Crippen LogP contribution in [0.1, 0.15) is 10.4 Å². The first-order chi connectivity index (χ1) is 13.5. The number of anilines is 1. The second-order valence-electron chi connectivity index (χ2n) is 6.01. The topological polar surface area (TPSA) is 60.7 Å². The predicted molar refractivity (Wildman–Crippen MR) is 101 cm³/mol. The largest absolute Gasteiger partial charge is 0.495 e. The van der Waals surface area contributed by atoms with Crippen molar-refractivity contribution in [1.29, 1.82) is 0 Å². The van der Waals surface area contributed by atoms with Crippen LogP contribution in [0.15, 0.2) is 65.1 Å². The fraction of sp³-hybridized carbons (Fsp3) is 0.0952. The lowest BCUT2D eigenvalue weighted by atomic mass is 10.1. The highest BCUT2D eigenvalue weighted by Gasteiger charge is 2.16. The Hall–Kier alpha value is -3.61. The van der Waals surface area contributed by atoms with Gasteiger partial charge in [-0.3, -0.25) is 4.79 Å². The van der Waals surface area contributed by atoms with E-state index in [0.29, 0.717) is 17.0 Å². The lowest BCUT2D eigenvalue weighted by Gasteiger charge is -2.11. The van der Waals surface area contributed by atoms with Gasteiger partial charge in [-0.05, 0) is 30.3 Å². The van der Waals surface area contributed by atoms with Crippen molar-refractivity contribution < 1.29 is 27.5 Å². The quantitative estimate of drug-likeness (QED) is 0.498. The average molecular weight is 383 g/mol. The van der Waals surface area contributed by atoms with Crippen molar-refractivity contribution in [3.8, 4) is 11.5 Å². The number of furan rings is 1. The molecule has 0 atom stereocenters. The van der Waals surface area contributed by atoms with Gasteiger partial charge in [0.05, 0.1) is 12.8 Å². The number of halogens is 2. The maximum absolute atomic E-state index is 12.6. The lowest BCUT2D eigenvalue weighted by molar-refractivity contribution is -0.0498. The first-order valence-corrected chi connectivity index (χ1v) is 8.40. The van der Waals surface area contributed by atoms with Crippen LogP contribution in [0.5, 0.6) is 11.5 Å². The molecule has 0 aliphatic carbocycles. The smallest absolute Gasteiger partial charge is 0.387 e. The number of carbonyl (C=O) groups is 1. The van der Waals surface area contributed by atoms with E-state index in [2.05, 4.69) is 10.1 Å². The van der Waals surface area contributed by atoms with Gasteiger partial charge in [0.15, 0.2) is 0 Å². The molecule has 0 unspecified atom stereocenters. The second kappa shape index (κ2) is 7.19. The molecule has 0 saturated heterocycles. The lowest BCUT2D eigenvalue weighted by Crippen LogP contribution is -2.13. The monoisotopic (exact) mass is 383 g/mol. The molecular weight excluding hydrogens is 368 g/mol. The van der Waals surface area contributed by atoms with E-state index in [1.165, 1.54) is 31.4 Å². The first kappa shape index (κ1) is 17.8. The molecule has 0 fully saturated rings. The van der Waals surface area contributed by atoms with Crippen LogP contribution < -0.4 is 14.8 Å². The van der Waals surface area contributed by atoms with Gasteiger partial charge in [-0.2, -0.15) is 8.78 Å². The maximum atomic E-state index is 12.6. The third kappa shape index (κ3) is 3.34. The van der Waals surface area contributed by atoms with Crippen LogP contribution in [0.2, 0.25) is 0 Å². The van der Waals surface area contributed by atoms with Crippen molar-refractivity contribution >= 4 is 33.5 Å². The average Bonchev–Trinajstić information content (AvgIpc) is 3.04. The van der Waals surface area contributed by atoms with E-state index in [1.54, 1.807) is 12.1 Å². The Labute approximate surface area is 158 Å². The molecule has 1 aromatic heterocycles. The number of hydrogen-bond donors (Lipinski definition) is 1. The minimum Gasteiger partial charge on any atom is -0.495 e. The summed E-state index contributed by atoms with van der Waals surface area (Å²) in [6, 6.07) is 16.6. The number of ether oxygens (including phenoxy) is 2. The van der Waals surface area contributed by atoms with Crippen molar-refractivity contribution in [3.63, 3.8) is 0 Å². The van der Waals surface area contributed by atoms with Gasteiger partial charge in [0, 0.05) is 22.4 Å². The fourth-order valence-electron chi connectivity index (χ4n) is 3.03. The summed E-state index contributed by atoms with van der Waals surface area (Å²) in [6.45, 7) is -2.96. The third-order valence-electron chi connectivity index (χ3n) is 4.27. The van der Waals surface area contributed by atoms with Crippen LogP contribution in [0.25, 0.3) is 21.9 Å². The number of benzene rings is 3. The molecule has 1 amide bonds. The zero-order valence-electron chi connectivity index (χ0n) is 14.7. The predicted octanol–water partition coefficient (Wildman–Crippen LogP) is 5.45. The number of methoxy groups -OCH3 is 1. The van der Waals surface area contributed by atoms with Crippen LogP contribution in [0.3, 0.4) is 0 Å². The summed E-state index contributed by atoms with van der Waals surface area (Å²) >= 11 is 0. The van der Waals surface area contributed by atoms with E-state index in [-0.39, 0.29) is 11.3 Å². The molecule has 5 nitrogen and oxygen atoms in total. The number of hydrogen-bond acceptors (Lipinski definition) is 4. The highest BCUT2D eigenvalue weighted by Crippen LogP contribution is 2.36. The Morgan fingerprint density at radius 3 is 2.61 bits per heavy atom. The number of fused-ring (bicyclic) bond motifs is 3. The summed E-state index contributed by atoms with van der Waals surface area (Å²) in [5.41, 5.74) is 1.89. The Balaban J connectivity index is 1.69. The Kier molecular flexibility index (Phi) is 4.57. The molecule has 0 saturated carbocycles. The number of nitrogens with one attached hydrogen (secondary N) is 1. The van der Waals surface area contributed by atoms with E-state index < -0.39 is 12.5 Å². The van der Waals surface area contributed by atoms with Crippen molar-refractivity contribution in [2.75, 3.05) is 12.4 Å². The first-order valence-electron chi connectivity index (χ1n) is 8.40. The number of carbonyl (C=O) groups excluding carboxylic acids is 1.